The Kier molecular flexibility index (Phi) is 2.77. The summed E-state index contributed by atoms with van der Waals surface area (Å²) in [6, 6.07) is 2.02. The first-order valence-electron chi connectivity index (χ1n) is 3.83. The molecular formula is C7H11N5. The summed E-state index contributed by atoms with van der Waals surface area (Å²) in [5, 5.41) is 12.4. The highest BCUT2D eigenvalue weighted by Crippen LogP contribution is 2.06. The first kappa shape index (κ1) is 8.68. The molecular weight excluding hydrogens is 154 g/mol. The summed E-state index contributed by atoms with van der Waals surface area (Å²) in [6.07, 6.45) is 2.43. The van der Waals surface area contributed by atoms with Crippen molar-refractivity contribution < 1.29 is 0 Å². The molecule has 0 fully saturated rings. The maximum Gasteiger partial charge on any atom is 0.252 e. The Morgan fingerprint density at radius 3 is 3.00 bits per heavy atom. The summed E-state index contributed by atoms with van der Waals surface area (Å²) in [5.74, 6) is 0.196. The van der Waals surface area contributed by atoms with E-state index in [1.54, 1.807) is 11.0 Å². The molecule has 12 heavy (non-hydrogen) atoms. The second-order valence-corrected chi connectivity index (χ2v) is 2.46. The molecule has 2 N–H and O–H groups in total. The zero-order valence-corrected chi connectivity index (χ0v) is 6.94. The minimum atomic E-state index is 0.152. The third kappa shape index (κ3) is 1.60. The van der Waals surface area contributed by atoms with E-state index in [1.807, 2.05) is 13.0 Å². The number of aromatic nitrogens is 3. The van der Waals surface area contributed by atoms with Gasteiger partial charge in [-0.15, -0.1) is 5.10 Å². The molecule has 5 heteroatoms. The van der Waals surface area contributed by atoms with Crippen LogP contribution in [0.15, 0.2) is 6.33 Å². The minimum absolute atomic E-state index is 0.152. The molecule has 0 spiro atoms. The maximum absolute atomic E-state index is 8.46. The van der Waals surface area contributed by atoms with E-state index in [-0.39, 0.29) is 11.9 Å². The van der Waals surface area contributed by atoms with Gasteiger partial charge < -0.3 is 5.73 Å². The Morgan fingerprint density at radius 1 is 1.83 bits per heavy atom. The zero-order valence-electron chi connectivity index (χ0n) is 6.94. The van der Waals surface area contributed by atoms with Crippen LogP contribution >= 0.6 is 0 Å². The molecule has 1 unspecified atom stereocenters. The Morgan fingerprint density at radius 2 is 2.58 bits per heavy atom. The van der Waals surface area contributed by atoms with Gasteiger partial charge in [-0.25, -0.2) is 9.67 Å². The Hall–Kier alpha value is -1.41. The van der Waals surface area contributed by atoms with E-state index in [1.165, 1.54) is 0 Å². The molecule has 1 rings (SSSR count). The fraction of sp³-hybridized carbons (Fsp3) is 0.571. The van der Waals surface area contributed by atoms with Gasteiger partial charge >= 0.3 is 0 Å². The van der Waals surface area contributed by atoms with Gasteiger partial charge in [0.1, 0.15) is 12.4 Å². The zero-order chi connectivity index (χ0) is 8.97. The van der Waals surface area contributed by atoms with Crippen LogP contribution in [0.4, 0.5) is 0 Å². The van der Waals surface area contributed by atoms with Gasteiger partial charge in [0, 0.05) is 6.54 Å². The Balaban J connectivity index is 2.81. The van der Waals surface area contributed by atoms with Crippen LogP contribution in [0.2, 0.25) is 0 Å². The molecule has 0 aliphatic rings. The van der Waals surface area contributed by atoms with Gasteiger partial charge in [-0.1, -0.05) is 6.92 Å². The highest BCUT2D eigenvalue weighted by Gasteiger charge is 2.07. The average Bonchev–Trinajstić information content (AvgIpc) is 2.55. The molecule has 0 amide bonds. The lowest BCUT2D eigenvalue weighted by atomic mass is 10.2. The highest BCUT2D eigenvalue weighted by molar-refractivity contribution is 5.05. The van der Waals surface area contributed by atoms with Crippen molar-refractivity contribution in [2.75, 3.05) is 6.54 Å². The lowest BCUT2D eigenvalue weighted by molar-refractivity contribution is 0.448. The van der Waals surface area contributed by atoms with Crippen molar-refractivity contribution in [1.82, 2.24) is 14.8 Å². The van der Waals surface area contributed by atoms with Crippen molar-refractivity contribution in [3.05, 3.63) is 12.2 Å². The molecule has 1 atom stereocenters. The van der Waals surface area contributed by atoms with Crippen LogP contribution in [-0.2, 0) is 0 Å². The van der Waals surface area contributed by atoms with Gasteiger partial charge in [0.15, 0.2) is 0 Å². The molecule has 0 saturated heterocycles. The third-order valence-corrected chi connectivity index (χ3v) is 1.73. The van der Waals surface area contributed by atoms with Crippen LogP contribution in [0.3, 0.4) is 0 Å². The van der Waals surface area contributed by atoms with Crippen molar-refractivity contribution in [2.45, 2.75) is 19.4 Å². The first-order chi connectivity index (χ1) is 5.81. The Bertz CT molecular complexity index is 280. The van der Waals surface area contributed by atoms with Gasteiger partial charge in [0.2, 0.25) is 0 Å². The SMILES string of the molecule is CCC(CN)n1cnc(C#N)n1. The van der Waals surface area contributed by atoms with E-state index in [2.05, 4.69) is 10.1 Å². The quantitative estimate of drug-likeness (QED) is 0.686. The molecule has 0 radical (unpaired) electrons. The summed E-state index contributed by atoms with van der Waals surface area (Å²) >= 11 is 0. The average molecular weight is 165 g/mol. The smallest absolute Gasteiger partial charge is 0.252 e. The van der Waals surface area contributed by atoms with Gasteiger partial charge in [0.05, 0.1) is 6.04 Å². The summed E-state index contributed by atoms with van der Waals surface area (Å²) in [4.78, 5) is 3.79. The summed E-state index contributed by atoms with van der Waals surface area (Å²) < 4.78 is 1.64. The fourth-order valence-corrected chi connectivity index (χ4v) is 0.964. The van der Waals surface area contributed by atoms with Gasteiger partial charge in [-0.05, 0) is 6.42 Å². The van der Waals surface area contributed by atoms with Gasteiger partial charge in [-0.2, -0.15) is 5.26 Å². The van der Waals surface area contributed by atoms with Crippen molar-refractivity contribution in [2.24, 2.45) is 5.73 Å². The van der Waals surface area contributed by atoms with E-state index < -0.39 is 0 Å². The number of hydrogen-bond acceptors (Lipinski definition) is 4. The lowest BCUT2D eigenvalue weighted by Crippen LogP contribution is -2.18. The van der Waals surface area contributed by atoms with Crippen LogP contribution in [0.25, 0.3) is 0 Å². The molecule has 0 saturated carbocycles. The van der Waals surface area contributed by atoms with E-state index in [4.69, 9.17) is 11.0 Å². The van der Waals surface area contributed by atoms with E-state index in [0.29, 0.717) is 6.54 Å². The summed E-state index contributed by atoms with van der Waals surface area (Å²) in [6.45, 7) is 2.54. The first-order valence-corrected chi connectivity index (χ1v) is 3.83. The van der Waals surface area contributed by atoms with Crippen molar-refractivity contribution >= 4 is 0 Å². The molecule has 0 aromatic carbocycles. The second kappa shape index (κ2) is 3.83. The Labute approximate surface area is 70.8 Å². The monoisotopic (exact) mass is 165 g/mol. The number of nitriles is 1. The van der Waals surface area contributed by atoms with E-state index >= 15 is 0 Å². The molecule has 0 aliphatic heterocycles. The molecule has 1 aromatic heterocycles. The molecule has 64 valence electrons. The highest BCUT2D eigenvalue weighted by atomic mass is 15.3. The predicted molar refractivity (Wildman–Crippen MR) is 43.1 cm³/mol. The normalized spacial score (nSPS) is 12.4. The molecule has 5 nitrogen and oxygen atoms in total. The summed E-state index contributed by atoms with van der Waals surface area (Å²) in [5.41, 5.74) is 5.49. The van der Waals surface area contributed by atoms with E-state index in [0.717, 1.165) is 6.42 Å². The molecule has 0 aliphatic carbocycles. The van der Waals surface area contributed by atoms with Crippen molar-refractivity contribution in [3.8, 4) is 6.07 Å². The second-order valence-electron chi connectivity index (χ2n) is 2.46. The summed E-state index contributed by atoms with van der Waals surface area (Å²) in [7, 11) is 0. The van der Waals surface area contributed by atoms with Crippen LogP contribution in [0, 0.1) is 11.3 Å². The number of hydrogen-bond donors (Lipinski definition) is 1. The standard InChI is InChI=1S/C7H11N5/c1-2-6(3-8)12-5-10-7(4-9)11-12/h5-6H,2-3,8H2,1H3. The molecule has 1 heterocycles. The topological polar surface area (TPSA) is 80.5 Å². The van der Waals surface area contributed by atoms with Gasteiger partial charge in [-0.3, -0.25) is 0 Å². The predicted octanol–water partition coefficient (Wildman–Crippen LogP) is 0.0596. The van der Waals surface area contributed by atoms with Crippen LogP contribution in [0.1, 0.15) is 25.2 Å². The number of nitrogens with two attached hydrogens (primary N) is 1. The lowest BCUT2D eigenvalue weighted by Gasteiger charge is -2.10. The van der Waals surface area contributed by atoms with Gasteiger partial charge in [0.25, 0.3) is 5.82 Å². The minimum Gasteiger partial charge on any atom is -0.328 e. The fourth-order valence-electron chi connectivity index (χ4n) is 0.964. The molecule has 1 aromatic rings. The van der Waals surface area contributed by atoms with Crippen LogP contribution < -0.4 is 5.73 Å². The number of nitrogens with zero attached hydrogens (tertiary/aromatic N) is 4. The maximum atomic E-state index is 8.46. The number of rotatable bonds is 3. The third-order valence-electron chi connectivity index (χ3n) is 1.73. The van der Waals surface area contributed by atoms with Crippen molar-refractivity contribution in [3.63, 3.8) is 0 Å². The largest absolute Gasteiger partial charge is 0.328 e. The van der Waals surface area contributed by atoms with Crippen LogP contribution in [-0.4, -0.2) is 21.3 Å². The van der Waals surface area contributed by atoms with Crippen LogP contribution in [0.5, 0.6) is 0 Å². The molecule has 0 bridgehead atoms. The van der Waals surface area contributed by atoms with Crippen molar-refractivity contribution in [1.29, 1.82) is 5.26 Å². The van der Waals surface area contributed by atoms with E-state index in [9.17, 15) is 0 Å².